The lowest BCUT2D eigenvalue weighted by Crippen LogP contribution is -2.56. The minimum absolute atomic E-state index is 0.00302. The molecule has 0 spiro atoms. The molecule has 10 heteroatoms. The van der Waals surface area contributed by atoms with Crippen molar-refractivity contribution in [2.45, 2.75) is 57.1 Å². The van der Waals surface area contributed by atoms with E-state index in [1.807, 2.05) is 70.2 Å². The van der Waals surface area contributed by atoms with Crippen LogP contribution in [0.5, 0.6) is 11.5 Å². The van der Waals surface area contributed by atoms with Crippen LogP contribution in [0.15, 0.2) is 114 Å². The zero-order valence-corrected chi connectivity index (χ0v) is 28.4. The quantitative estimate of drug-likeness (QED) is 0.183. The van der Waals surface area contributed by atoms with Crippen LogP contribution in [-0.4, -0.2) is 57.0 Å². The summed E-state index contributed by atoms with van der Waals surface area (Å²) in [6.07, 6.45) is 0.218. The summed E-state index contributed by atoms with van der Waals surface area (Å²) in [6, 6.07) is 30.3. The molecule has 0 unspecified atom stereocenters. The van der Waals surface area contributed by atoms with Crippen molar-refractivity contribution in [1.29, 1.82) is 0 Å². The van der Waals surface area contributed by atoms with E-state index in [2.05, 4.69) is 5.32 Å². The van der Waals surface area contributed by atoms with Crippen LogP contribution in [0, 0.1) is 0 Å². The van der Waals surface area contributed by atoms with Gasteiger partial charge in [-0.2, -0.15) is 0 Å². The number of amides is 2. The number of para-hydroxylation sites is 1. The van der Waals surface area contributed by atoms with Gasteiger partial charge in [-0.1, -0.05) is 60.7 Å². The Bertz CT molecular complexity index is 1720. The van der Waals surface area contributed by atoms with E-state index in [0.717, 1.165) is 15.4 Å². The maximum Gasteiger partial charge on any atom is 0.264 e. The van der Waals surface area contributed by atoms with Crippen molar-refractivity contribution in [1.82, 2.24) is 10.2 Å². The summed E-state index contributed by atoms with van der Waals surface area (Å²) in [5.74, 6) is 0.235. The zero-order valence-electron chi connectivity index (χ0n) is 27.6. The van der Waals surface area contributed by atoms with Crippen LogP contribution in [0.3, 0.4) is 0 Å². The van der Waals surface area contributed by atoms with Crippen molar-refractivity contribution in [3.8, 4) is 11.5 Å². The summed E-state index contributed by atoms with van der Waals surface area (Å²) in [6.45, 7) is 7.40. The van der Waals surface area contributed by atoms with Crippen LogP contribution < -0.4 is 19.1 Å². The van der Waals surface area contributed by atoms with Gasteiger partial charge in [-0.05, 0) is 87.4 Å². The predicted octanol–water partition coefficient (Wildman–Crippen LogP) is 5.84. The number of methoxy groups -OCH3 is 1. The first-order chi connectivity index (χ1) is 22.4. The number of carbonyl (C=O) groups excluding carboxylic acids is 2. The molecular formula is C37H43N3O6S. The molecule has 0 aromatic heterocycles. The third-order valence-electron chi connectivity index (χ3n) is 7.30. The van der Waals surface area contributed by atoms with Crippen molar-refractivity contribution < 1.29 is 27.5 Å². The fourth-order valence-electron chi connectivity index (χ4n) is 5.10. The van der Waals surface area contributed by atoms with Gasteiger partial charge in [0.25, 0.3) is 10.0 Å². The van der Waals surface area contributed by atoms with Crippen LogP contribution in [0.1, 0.15) is 38.8 Å². The van der Waals surface area contributed by atoms with Gasteiger partial charge in [0.2, 0.25) is 11.8 Å². The molecule has 0 bridgehead atoms. The molecule has 4 aromatic carbocycles. The fourth-order valence-corrected chi connectivity index (χ4v) is 6.51. The van der Waals surface area contributed by atoms with Gasteiger partial charge in [0, 0.05) is 18.5 Å². The van der Waals surface area contributed by atoms with Gasteiger partial charge in [0.05, 0.1) is 24.3 Å². The van der Waals surface area contributed by atoms with Gasteiger partial charge in [-0.15, -0.1) is 0 Å². The van der Waals surface area contributed by atoms with Gasteiger partial charge in [0.1, 0.15) is 24.1 Å². The Morgan fingerprint density at radius 2 is 1.43 bits per heavy atom. The number of hydrogen-bond acceptors (Lipinski definition) is 6. The second kappa shape index (κ2) is 15.6. The molecule has 2 amide bonds. The number of rotatable bonds is 14. The smallest absolute Gasteiger partial charge is 0.264 e. The first-order valence-corrected chi connectivity index (χ1v) is 16.9. The molecule has 0 radical (unpaired) electrons. The highest BCUT2D eigenvalue weighted by Gasteiger charge is 2.35. The first kappa shape index (κ1) is 35.0. The lowest BCUT2D eigenvalue weighted by molar-refractivity contribution is -0.140. The molecule has 47 heavy (non-hydrogen) atoms. The van der Waals surface area contributed by atoms with E-state index in [-0.39, 0.29) is 23.8 Å². The SMILES string of the molecule is CCOc1ccc(S(=O)(=O)N(CC(=O)N(Cc2cccc(OC)c2)[C@H](Cc2ccccc2)C(=O)NC(C)(C)C)c2ccccc2)cc1. The molecule has 0 saturated heterocycles. The van der Waals surface area contributed by atoms with E-state index in [1.54, 1.807) is 61.7 Å². The Balaban J connectivity index is 1.80. The molecule has 9 nitrogen and oxygen atoms in total. The molecule has 0 saturated carbocycles. The van der Waals surface area contributed by atoms with Crippen molar-refractivity contribution in [2.24, 2.45) is 0 Å². The summed E-state index contributed by atoms with van der Waals surface area (Å²) >= 11 is 0. The van der Waals surface area contributed by atoms with Gasteiger partial charge in [-0.3, -0.25) is 13.9 Å². The minimum Gasteiger partial charge on any atom is -0.497 e. The highest BCUT2D eigenvalue weighted by molar-refractivity contribution is 7.92. The molecule has 248 valence electrons. The Hall–Kier alpha value is -4.83. The average molecular weight is 658 g/mol. The standard InChI is InChI=1S/C37H43N3O6S/c1-6-46-31-20-22-33(23-21-31)47(43,44)40(30-17-11-8-12-18-30)27-35(41)39(26-29-16-13-19-32(24-29)45-5)34(36(42)38-37(2,3)4)25-28-14-9-7-10-15-28/h7-24,34H,6,25-27H2,1-5H3,(H,38,42)/t34-/m1/s1. The molecule has 0 aliphatic carbocycles. The Kier molecular flexibility index (Phi) is 11.7. The highest BCUT2D eigenvalue weighted by atomic mass is 32.2. The molecule has 4 aromatic rings. The van der Waals surface area contributed by atoms with E-state index in [0.29, 0.717) is 23.8 Å². The number of anilines is 1. The number of benzene rings is 4. The molecule has 1 atom stereocenters. The molecule has 0 heterocycles. The first-order valence-electron chi connectivity index (χ1n) is 15.5. The molecule has 0 aliphatic rings. The highest BCUT2D eigenvalue weighted by Crippen LogP contribution is 2.27. The largest absolute Gasteiger partial charge is 0.497 e. The Labute approximate surface area is 278 Å². The lowest BCUT2D eigenvalue weighted by atomic mass is 10.0. The fraction of sp³-hybridized carbons (Fsp3) is 0.297. The van der Waals surface area contributed by atoms with Crippen LogP contribution in [0.25, 0.3) is 0 Å². The van der Waals surface area contributed by atoms with E-state index < -0.39 is 34.1 Å². The zero-order chi connectivity index (χ0) is 34.0. The summed E-state index contributed by atoms with van der Waals surface area (Å²) in [5.41, 5.74) is 1.31. The predicted molar refractivity (Wildman–Crippen MR) is 184 cm³/mol. The van der Waals surface area contributed by atoms with Gasteiger partial charge < -0.3 is 19.7 Å². The summed E-state index contributed by atoms with van der Waals surface area (Å²) in [4.78, 5) is 30.1. The second-order valence-electron chi connectivity index (χ2n) is 12.1. The van der Waals surface area contributed by atoms with Crippen LogP contribution in [0.4, 0.5) is 5.69 Å². The van der Waals surface area contributed by atoms with E-state index in [4.69, 9.17) is 9.47 Å². The van der Waals surface area contributed by atoms with E-state index in [1.165, 1.54) is 17.0 Å². The number of hydrogen-bond donors (Lipinski definition) is 1. The van der Waals surface area contributed by atoms with E-state index in [9.17, 15) is 18.0 Å². The third kappa shape index (κ3) is 9.59. The topological polar surface area (TPSA) is 105 Å². The van der Waals surface area contributed by atoms with Crippen LogP contribution in [-0.2, 0) is 32.6 Å². The Morgan fingerprint density at radius 3 is 2.02 bits per heavy atom. The molecule has 0 aliphatic heterocycles. The van der Waals surface area contributed by atoms with Gasteiger partial charge >= 0.3 is 0 Å². The number of carbonyl (C=O) groups is 2. The molecule has 1 N–H and O–H groups in total. The second-order valence-corrected chi connectivity index (χ2v) is 13.9. The third-order valence-corrected chi connectivity index (χ3v) is 9.09. The summed E-state index contributed by atoms with van der Waals surface area (Å²) in [7, 11) is -2.67. The Morgan fingerprint density at radius 1 is 0.809 bits per heavy atom. The van der Waals surface area contributed by atoms with Gasteiger partial charge in [0.15, 0.2) is 0 Å². The van der Waals surface area contributed by atoms with E-state index >= 15 is 0 Å². The number of sulfonamides is 1. The van der Waals surface area contributed by atoms with Gasteiger partial charge in [-0.25, -0.2) is 8.42 Å². The van der Waals surface area contributed by atoms with Crippen LogP contribution in [0.2, 0.25) is 0 Å². The normalized spacial score (nSPS) is 12.1. The maximum atomic E-state index is 14.6. The number of ether oxygens (including phenoxy) is 2. The summed E-state index contributed by atoms with van der Waals surface area (Å²) in [5, 5.41) is 3.04. The minimum atomic E-state index is -4.22. The van der Waals surface area contributed by atoms with Crippen LogP contribution >= 0.6 is 0 Å². The lowest BCUT2D eigenvalue weighted by Gasteiger charge is -2.35. The average Bonchev–Trinajstić information content (AvgIpc) is 3.05. The molecule has 4 rings (SSSR count). The molecule has 0 fully saturated rings. The van der Waals surface area contributed by atoms with Crippen molar-refractivity contribution in [3.63, 3.8) is 0 Å². The van der Waals surface area contributed by atoms with Crippen molar-refractivity contribution in [2.75, 3.05) is 24.6 Å². The number of nitrogens with zero attached hydrogens (tertiary/aromatic N) is 2. The monoisotopic (exact) mass is 657 g/mol. The van der Waals surface area contributed by atoms with Crippen molar-refractivity contribution in [3.05, 3.63) is 120 Å². The summed E-state index contributed by atoms with van der Waals surface area (Å²) < 4.78 is 40.4. The van der Waals surface area contributed by atoms with Crippen molar-refractivity contribution >= 4 is 27.5 Å². The molecular weight excluding hydrogens is 614 g/mol. The maximum absolute atomic E-state index is 14.6. The number of nitrogens with one attached hydrogen (secondary N) is 1.